The highest BCUT2D eigenvalue weighted by molar-refractivity contribution is 9.10. The van der Waals surface area contributed by atoms with Gasteiger partial charge in [-0.05, 0) is 43.9 Å². The lowest BCUT2D eigenvalue weighted by molar-refractivity contribution is -0.140. The first-order valence-corrected chi connectivity index (χ1v) is 10.0. The molecule has 2 aromatic rings. The van der Waals surface area contributed by atoms with Crippen LogP contribution in [0.2, 0.25) is 5.02 Å². The number of phenolic OH excluding ortho intramolecular Hbond substituents is 1. The standard InChI is InChI=1S/C21H20BrClN2O4/c1-24(2)9-10-25-18(13-5-8-16(26)15(23)11-13)17(20(28)21(25)29)19(27)12-3-6-14(22)7-4-12/h3-8,11,18,26-27H,9-10H2,1-2H3/b19-17-. The average Bonchev–Trinajstić information content (AvgIpc) is 2.93. The number of carbonyl (C=O) groups is 2. The third-order valence-electron chi connectivity index (χ3n) is 4.73. The van der Waals surface area contributed by atoms with Crippen molar-refractivity contribution >= 4 is 45.0 Å². The second-order valence-electron chi connectivity index (χ2n) is 7.01. The highest BCUT2D eigenvalue weighted by Crippen LogP contribution is 2.41. The van der Waals surface area contributed by atoms with Gasteiger partial charge in [0.05, 0.1) is 16.6 Å². The summed E-state index contributed by atoms with van der Waals surface area (Å²) >= 11 is 9.41. The topological polar surface area (TPSA) is 81.1 Å². The van der Waals surface area contributed by atoms with Crippen molar-refractivity contribution in [3.8, 4) is 5.75 Å². The van der Waals surface area contributed by atoms with Crippen LogP contribution in [0, 0.1) is 0 Å². The van der Waals surface area contributed by atoms with Crippen molar-refractivity contribution in [2.75, 3.05) is 27.2 Å². The lowest BCUT2D eigenvalue weighted by Gasteiger charge is -2.26. The van der Waals surface area contributed by atoms with Crippen LogP contribution in [0.3, 0.4) is 0 Å². The highest BCUT2D eigenvalue weighted by Gasteiger charge is 2.46. The Kier molecular flexibility index (Phi) is 6.31. The van der Waals surface area contributed by atoms with Gasteiger partial charge in [0.15, 0.2) is 0 Å². The van der Waals surface area contributed by atoms with Gasteiger partial charge in [-0.2, -0.15) is 0 Å². The van der Waals surface area contributed by atoms with Gasteiger partial charge in [-0.3, -0.25) is 9.59 Å². The Bertz CT molecular complexity index is 989. The number of nitrogens with zero attached hydrogens (tertiary/aromatic N) is 2. The predicted octanol–water partition coefficient (Wildman–Crippen LogP) is 3.79. The molecule has 1 amide bonds. The molecule has 2 aromatic carbocycles. The summed E-state index contributed by atoms with van der Waals surface area (Å²) in [5.74, 6) is -1.79. The van der Waals surface area contributed by atoms with Crippen LogP contribution in [-0.2, 0) is 9.59 Å². The summed E-state index contributed by atoms with van der Waals surface area (Å²) < 4.78 is 0.822. The summed E-state index contributed by atoms with van der Waals surface area (Å²) in [7, 11) is 3.73. The monoisotopic (exact) mass is 478 g/mol. The van der Waals surface area contributed by atoms with Crippen molar-refractivity contribution in [3.05, 3.63) is 68.7 Å². The number of amides is 1. The highest BCUT2D eigenvalue weighted by atomic mass is 79.9. The van der Waals surface area contributed by atoms with E-state index in [1.54, 1.807) is 30.3 Å². The fourth-order valence-corrected chi connectivity index (χ4v) is 3.67. The van der Waals surface area contributed by atoms with Crippen molar-refractivity contribution in [1.29, 1.82) is 0 Å². The first-order chi connectivity index (χ1) is 13.7. The quantitative estimate of drug-likeness (QED) is 0.387. The van der Waals surface area contributed by atoms with Gasteiger partial charge in [0.1, 0.15) is 11.5 Å². The number of halogens is 2. The number of likely N-dealkylation sites (N-methyl/N-ethyl adjacent to an activating group) is 1. The van der Waals surface area contributed by atoms with Crippen LogP contribution >= 0.6 is 27.5 Å². The van der Waals surface area contributed by atoms with Gasteiger partial charge in [-0.1, -0.05) is 45.7 Å². The maximum atomic E-state index is 12.9. The van der Waals surface area contributed by atoms with E-state index < -0.39 is 17.7 Å². The summed E-state index contributed by atoms with van der Waals surface area (Å²) in [4.78, 5) is 29.0. The fourth-order valence-electron chi connectivity index (χ4n) is 3.22. The normalized spacial score (nSPS) is 18.7. The van der Waals surface area contributed by atoms with Gasteiger partial charge in [0, 0.05) is 23.1 Å². The van der Waals surface area contributed by atoms with Gasteiger partial charge in [-0.25, -0.2) is 0 Å². The molecule has 0 aromatic heterocycles. The molecule has 1 unspecified atom stereocenters. The van der Waals surface area contributed by atoms with Crippen molar-refractivity contribution in [2.45, 2.75) is 6.04 Å². The summed E-state index contributed by atoms with van der Waals surface area (Å²) in [6.45, 7) is 0.825. The third-order valence-corrected chi connectivity index (χ3v) is 5.56. The molecule has 2 N–H and O–H groups in total. The van der Waals surface area contributed by atoms with Crippen molar-refractivity contribution in [2.24, 2.45) is 0 Å². The van der Waals surface area contributed by atoms with E-state index in [0.717, 1.165) is 4.47 Å². The molecule has 1 fully saturated rings. The molecule has 8 heteroatoms. The zero-order chi connectivity index (χ0) is 21.3. The van der Waals surface area contributed by atoms with Crippen LogP contribution < -0.4 is 0 Å². The second kappa shape index (κ2) is 8.57. The Hall–Kier alpha value is -2.35. The molecule has 3 rings (SSSR count). The number of hydrogen-bond acceptors (Lipinski definition) is 5. The van der Waals surface area contributed by atoms with Gasteiger partial charge >= 0.3 is 0 Å². The van der Waals surface area contributed by atoms with E-state index in [4.69, 9.17) is 11.6 Å². The van der Waals surface area contributed by atoms with Crippen LogP contribution in [0.1, 0.15) is 17.2 Å². The molecule has 1 aliphatic heterocycles. The Morgan fingerprint density at radius 1 is 1.17 bits per heavy atom. The number of phenols is 1. The summed E-state index contributed by atoms with van der Waals surface area (Å²) in [6.07, 6.45) is 0. The summed E-state index contributed by atoms with van der Waals surface area (Å²) in [6, 6.07) is 10.5. The molecule has 0 saturated carbocycles. The molecule has 1 aliphatic rings. The summed E-state index contributed by atoms with van der Waals surface area (Å²) in [5.41, 5.74) is 0.955. The molecule has 0 spiro atoms. The molecule has 0 bridgehead atoms. The molecule has 1 atom stereocenters. The Balaban J connectivity index is 2.16. The molecule has 1 saturated heterocycles. The Morgan fingerprint density at radius 2 is 1.83 bits per heavy atom. The lowest BCUT2D eigenvalue weighted by atomic mass is 9.95. The maximum Gasteiger partial charge on any atom is 0.295 e. The number of carbonyl (C=O) groups excluding carboxylic acids is 2. The van der Waals surface area contributed by atoms with E-state index in [-0.39, 0.29) is 28.6 Å². The molecule has 1 heterocycles. The largest absolute Gasteiger partial charge is 0.507 e. The number of likely N-dealkylation sites (tertiary alicyclic amines) is 1. The van der Waals surface area contributed by atoms with Gasteiger partial charge < -0.3 is 20.0 Å². The maximum absolute atomic E-state index is 12.9. The fraction of sp³-hybridized carbons (Fsp3) is 0.238. The van der Waals surface area contributed by atoms with E-state index in [0.29, 0.717) is 17.7 Å². The molecule has 0 radical (unpaired) electrons. The minimum Gasteiger partial charge on any atom is -0.507 e. The number of rotatable bonds is 5. The molecule has 0 aliphatic carbocycles. The number of aliphatic hydroxyl groups excluding tert-OH is 1. The van der Waals surface area contributed by atoms with Crippen LogP contribution in [0.15, 0.2) is 52.5 Å². The number of benzene rings is 2. The van der Waals surface area contributed by atoms with E-state index in [1.165, 1.54) is 17.0 Å². The Labute approximate surface area is 182 Å². The molecule has 6 nitrogen and oxygen atoms in total. The average molecular weight is 480 g/mol. The smallest absolute Gasteiger partial charge is 0.295 e. The van der Waals surface area contributed by atoms with Crippen LogP contribution in [0.4, 0.5) is 0 Å². The molecule has 152 valence electrons. The number of ketones is 1. The zero-order valence-electron chi connectivity index (χ0n) is 15.9. The second-order valence-corrected chi connectivity index (χ2v) is 8.34. The molecule has 29 heavy (non-hydrogen) atoms. The van der Waals surface area contributed by atoms with Crippen LogP contribution in [0.5, 0.6) is 5.75 Å². The first-order valence-electron chi connectivity index (χ1n) is 8.88. The van der Waals surface area contributed by atoms with E-state index >= 15 is 0 Å². The zero-order valence-corrected chi connectivity index (χ0v) is 18.2. The number of hydrogen-bond donors (Lipinski definition) is 2. The lowest BCUT2D eigenvalue weighted by Crippen LogP contribution is -2.35. The number of aliphatic hydroxyl groups is 1. The SMILES string of the molecule is CN(C)CCN1C(=O)C(=O)/C(=C(\O)c2ccc(Br)cc2)C1c1ccc(O)c(Cl)c1. The minimum absolute atomic E-state index is 0.00200. The minimum atomic E-state index is -0.809. The van der Waals surface area contributed by atoms with Gasteiger partial charge in [-0.15, -0.1) is 0 Å². The van der Waals surface area contributed by atoms with Crippen LogP contribution in [0.25, 0.3) is 5.76 Å². The van der Waals surface area contributed by atoms with E-state index in [1.807, 2.05) is 19.0 Å². The predicted molar refractivity (Wildman–Crippen MR) is 115 cm³/mol. The van der Waals surface area contributed by atoms with Crippen molar-refractivity contribution in [3.63, 3.8) is 0 Å². The molecular weight excluding hydrogens is 460 g/mol. The number of aromatic hydroxyl groups is 1. The van der Waals surface area contributed by atoms with E-state index in [2.05, 4.69) is 15.9 Å². The third kappa shape index (κ3) is 4.32. The number of Topliss-reactive ketones (excluding diaryl/α,β-unsaturated/α-hetero) is 1. The van der Waals surface area contributed by atoms with Gasteiger partial charge in [0.2, 0.25) is 0 Å². The summed E-state index contributed by atoms with van der Waals surface area (Å²) in [5, 5.41) is 20.8. The van der Waals surface area contributed by atoms with Crippen molar-refractivity contribution < 1.29 is 19.8 Å². The van der Waals surface area contributed by atoms with Gasteiger partial charge in [0.25, 0.3) is 11.7 Å². The van der Waals surface area contributed by atoms with E-state index in [9.17, 15) is 19.8 Å². The van der Waals surface area contributed by atoms with Crippen molar-refractivity contribution in [1.82, 2.24) is 9.80 Å². The molecular formula is C21H20BrClN2O4. The van der Waals surface area contributed by atoms with Crippen LogP contribution in [-0.4, -0.2) is 58.9 Å². The Morgan fingerprint density at radius 3 is 2.41 bits per heavy atom. The first kappa shape index (κ1) is 21.4.